The number of ether oxygens (including phenoxy) is 1. The number of hydrogen-bond donors (Lipinski definition) is 1. The molecule has 0 unspecified atom stereocenters. The van der Waals surface area contributed by atoms with Crippen molar-refractivity contribution in [3.8, 4) is 17.0 Å². The number of sulfonamides is 1. The largest absolute Gasteiger partial charge is 0.482 e. The van der Waals surface area contributed by atoms with E-state index in [1.54, 1.807) is 24.1 Å². The number of thiazole rings is 1. The van der Waals surface area contributed by atoms with Crippen LogP contribution < -0.4 is 14.4 Å². The zero-order chi connectivity index (χ0) is 23.0. The molecule has 1 aliphatic heterocycles. The van der Waals surface area contributed by atoms with Gasteiger partial charge in [-0.25, -0.2) is 13.4 Å². The second-order valence-corrected chi connectivity index (χ2v) is 10.4. The first-order valence-corrected chi connectivity index (χ1v) is 12.7. The third-order valence-corrected chi connectivity index (χ3v) is 7.77. The van der Waals surface area contributed by atoms with Gasteiger partial charge in [-0.2, -0.15) is 0 Å². The van der Waals surface area contributed by atoms with E-state index in [9.17, 15) is 13.2 Å². The fourth-order valence-corrected chi connectivity index (χ4v) is 6.47. The molecule has 1 amide bonds. The average molecular weight is 472 g/mol. The summed E-state index contributed by atoms with van der Waals surface area (Å²) in [6.07, 6.45) is 0.829. The van der Waals surface area contributed by atoms with Gasteiger partial charge in [0.2, 0.25) is 0 Å². The predicted octanol–water partition coefficient (Wildman–Crippen LogP) is 4.67. The van der Waals surface area contributed by atoms with Gasteiger partial charge >= 0.3 is 0 Å². The molecule has 0 aliphatic carbocycles. The highest BCUT2D eigenvalue weighted by Crippen LogP contribution is 2.37. The summed E-state index contributed by atoms with van der Waals surface area (Å²) in [6.45, 7) is 8.18. The van der Waals surface area contributed by atoms with Crippen LogP contribution in [0.25, 0.3) is 11.3 Å². The van der Waals surface area contributed by atoms with Gasteiger partial charge in [-0.1, -0.05) is 24.6 Å². The molecule has 2 aromatic carbocycles. The Morgan fingerprint density at radius 2 is 1.88 bits per heavy atom. The molecule has 3 aromatic rings. The fraction of sp³-hybridized carbons (Fsp3) is 0.304. The van der Waals surface area contributed by atoms with Gasteiger partial charge < -0.3 is 9.64 Å². The van der Waals surface area contributed by atoms with E-state index >= 15 is 0 Å². The van der Waals surface area contributed by atoms with Crippen molar-refractivity contribution < 1.29 is 17.9 Å². The van der Waals surface area contributed by atoms with Crippen molar-refractivity contribution in [1.82, 2.24) is 4.98 Å². The number of rotatable bonds is 6. The van der Waals surface area contributed by atoms with Crippen molar-refractivity contribution in [3.05, 3.63) is 52.4 Å². The Kier molecular flexibility index (Phi) is 5.96. The zero-order valence-corrected chi connectivity index (χ0v) is 20.1. The summed E-state index contributed by atoms with van der Waals surface area (Å²) in [5.41, 5.74) is 4.53. The summed E-state index contributed by atoms with van der Waals surface area (Å²) in [5, 5.41) is 2.08. The van der Waals surface area contributed by atoms with E-state index in [1.165, 1.54) is 11.3 Å². The Hall–Kier alpha value is -2.91. The maximum absolute atomic E-state index is 13.0. The number of hydrogen-bond acceptors (Lipinski definition) is 6. The van der Waals surface area contributed by atoms with E-state index in [-0.39, 0.29) is 22.5 Å². The lowest BCUT2D eigenvalue weighted by atomic mass is 10.1. The molecular weight excluding hydrogens is 446 g/mol. The van der Waals surface area contributed by atoms with Gasteiger partial charge in [0.05, 0.1) is 16.3 Å². The van der Waals surface area contributed by atoms with Crippen LogP contribution in [0.5, 0.6) is 5.75 Å². The lowest BCUT2D eigenvalue weighted by molar-refractivity contribution is -0.121. The molecule has 9 heteroatoms. The summed E-state index contributed by atoms with van der Waals surface area (Å²) in [4.78, 5) is 18.8. The van der Waals surface area contributed by atoms with Gasteiger partial charge in [-0.3, -0.25) is 9.52 Å². The second-order valence-electron chi connectivity index (χ2n) is 7.89. The van der Waals surface area contributed by atoms with Crippen molar-refractivity contribution in [2.45, 2.75) is 39.0 Å². The van der Waals surface area contributed by atoms with Gasteiger partial charge in [0, 0.05) is 17.5 Å². The van der Waals surface area contributed by atoms with E-state index in [4.69, 9.17) is 4.74 Å². The molecule has 0 bridgehead atoms. The number of aryl methyl sites for hydroxylation is 3. The first-order chi connectivity index (χ1) is 15.2. The monoisotopic (exact) mass is 471 g/mol. The Labute approximate surface area is 192 Å². The third-order valence-electron chi connectivity index (χ3n) is 5.24. The smallest absolute Gasteiger partial charge is 0.265 e. The number of carbonyl (C=O) groups is 1. The summed E-state index contributed by atoms with van der Waals surface area (Å²) in [7, 11) is -3.77. The quantitative estimate of drug-likeness (QED) is 0.564. The first-order valence-electron chi connectivity index (χ1n) is 10.3. The van der Waals surface area contributed by atoms with Gasteiger partial charge in [0.25, 0.3) is 15.9 Å². The van der Waals surface area contributed by atoms with Crippen LogP contribution in [-0.2, 0) is 14.8 Å². The molecule has 7 nitrogen and oxygen atoms in total. The Morgan fingerprint density at radius 3 is 2.56 bits per heavy atom. The summed E-state index contributed by atoms with van der Waals surface area (Å²) < 4.78 is 34.2. The van der Waals surface area contributed by atoms with Crippen molar-refractivity contribution >= 4 is 38.1 Å². The zero-order valence-electron chi connectivity index (χ0n) is 18.4. The van der Waals surface area contributed by atoms with Gasteiger partial charge in [0.15, 0.2) is 11.7 Å². The van der Waals surface area contributed by atoms with Gasteiger partial charge in [-0.05, 0) is 56.5 Å². The highest BCUT2D eigenvalue weighted by Gasteiger charge is 2.26. The van der Waals surface area contributed by atoms with E-state index in [1.807, 2.05) is 44.2 Å². The van der Waals surface area contributed by atoms with Crippen LogP contribution in [0.4, 0.5) is 10.8 Å². The SMILES string of the molecule is CCCN1C(=O)COc2ccc(-c3csc(NS(=O)(=O)c4c(C)cc(C)cc4C)n3)cc21. The molecule has 0 spiro atoms. The van der Waals surface area contributed by atoms with Crippen LogP contribution in [0.15, 0.2) is 40.6 Å². The van der Waals surface area contributed by atoms with Gasteiger partial charge in [0.1, 0.15) is 5.75 Å². The summed E-state index contributed by atoms with van der Waals surface area (Å²) in [6, 6.07) is 9.26. The molecule has 0 saturated heterocycles. The lowest BCUT2D eigenvalue weighted by Crippen LogP contribution is -2.39. The predicted molar refractivity (Wildman–Crippen MR) is 127 cm³/mol. The Morgan fingerprint density at radius 1 is 1.16 bits per heavy atom. The average Bonchev–Trinajstić information content (AvgIpc) is 3.16. The van der Waals surface area contributed by atoms with Crippen molar-refractivity contribution in [2.24, 2.45) is 0 Å². The summed E-state index contributed by atoms with van der Waals surface area (Å²) in [5.74, 6) is 0.579. The minimum atomic E-state index is -3.77. The minimum absolute atomic E-state index is 0.0345. The molecule has 2 heterocycles. The molecule has 32 heavy (non-hydrogen) atoms. The van der Waals surface area contributed by atoms with Crippen LogP contribution in [0.1, 0.15) is 30.0 Å². The normalized spacial score (nSPS) is 13.6. The van der Waals surface area contributed by atoms with E-state index in [0.717, 1.165) is 17.5 Å². The molecule has 1 aliphatic rings. The van der Waals surface area contributed by atoms with Crippen LogP contribution in [-0.4, -0.2) is 32.5 Å². The maximum Gasteiger partial charge on any atom is 0.265 e. The molecule has 0 atom stereocenters. The highest BCUT2D eigenvalue weighted by atomic mass is 32.2. The number of benzene rings is 2. The maximum atomic E-state index is 13.0. The molecule has 4 rings (SSSR count). The molecule has 168 valence electrons. The van der Waals surface area contributed by atoms with Crippen LogP contribution in [0, 0.1) is 20.8 Å². The fourth-order valence-electron chi connectivity index (χ4n) is 4.04. The van der Waals surface area contributed by atoms with Gasteiger partial charge in [-0.15, -0.1) is 11.3 Å². The van der Waals surface area contributed by atoms with E-state index < -0.39 is 10.0 Å². The Balaban J connectivity index is 1.63. The van der Waals surface area contributed by atoms with Crippen LogP contribution >= 0.6 is 11.3 Å². The van der Waals surface area contributed by atoms with Crippen molar-refractivity contribution in [2.75, 3.05) is 22.8 Å². The van der Waals surface area contributed by atoms with Crippen molar-refractivity contribution in [3.63, 3.8) is 0 Å². The van der Waals surface area contributed by atoms with Crippen molar-refractivity contribution in [1.29, 1.82) is 0 Å². The standard InChI is InChI=1S/C23H25N3O4S2/c1-5-8-26-19-11-17(6-7-20(19)30-12-21(26)27)18-13-31-23(24-18)25-32(28,29)22-15(3)9-14(2)10-16(22)4/h6-7,9-11,13H,5,8,12H2,1-4H3,(H,24,25). The highest BCUT2D eigenvalue weighted by molar-refractivity contribution is 7.93. The number of carbonyl (C=O) groups excluding carboxylic acids is 1. The Bertz CT molecular complexity index is 1280. The molecule has 0 saturated carbocycles. The third kappa shape index (κ3) is 4.22. The number of nitrogens with zero attached hydrogens (tertiary/aromatic N) is 2. The van der Waals surface area contributed by atoms with Crippen LogP contribution in [0.2, 0.25) is 0 Å². The van der Waals surface area contributed by atoms with E-state index in [2.05, 4.69) is 9.71 Å². The molecule has 0 fully saturated rings. The van der Waals surface area contributed by atoms with E-state index in [0.29, 0.717) is 34.8 Å². The molecule has 1 aromatic heterocycles. The second kappa shape index (κ2) is 8.55. The minimum Gasteiger partial charge on any atom is -0.482 e. The van der Waals surface area contributed by atoms with Crippen LogP contribution in [0.3, 0.4) is 0 Å². The molecular formula is C23H25N3O4S2. The number of fused-ring (bicyclic) bond motifs is 1. The number of anilines is 2. The number of aromatic nitrogens is 1. The lowest BCUT2D eigenvalue weighted by Gasteiger charge is -2.29. The molecule has 1 N–H and O–H groups in total. The number of amides is 1. The summed E-state index contributed by atoms with van der Waals surface area (Å²) >= 11 is 1.22. The molecule has 0 radical (unpaired) electrons. The topological polar surface area (TPSA) is 88.6 Å². The first kappa shape index (κ1) is 22.3. The number of nitrogens with one attached hydrogen (secondary N) is 1.